The van der Waals surface area contributed by atoms with Crippen LogP contribution in [0.25, 0.3) is 0 Å². The van der Waals surface area contributed by atoms with Crippen LogP contribution in [-0.2, 0) is 4.79 Å². The first-order valence-electron chi connectivity index (χ1n) is 6.97. The van der Waals surface area contributed by atoms with Crippen LogP contribution in [0.5, 0.6) is 0 Å². The van der Waals surface area contributed by atoms with Gasteiger partial charge in [0, 0.05) is 19.1 Å². The van der Waals surface area contributed by atoms with Gasteiger partial charge in [-0.05, 0) is 38.0 Å². The van der Waals surface area contributed by atoms with Crippen LogP contribution >= 0.6 is 0 Å². The summed E-state index contributed by atoms with van der Waals surface area (Å²) in [6.45, 7) is 6.61. The molecule has 0 aromatic heterocycles. The molecule has 2 aliphatic carbocycles. The number of fused-ring (bicyclic) bond motifs is 2. The van der Waals surface area contributed by atoms with Gasteiger partial charge >= 0.3 is 12.0 Å². The number of rotatable bonds is 5. The number of aliphatic carboxylic acids is 1. The first-order valence-corrected chi connectivity index (χ1v) is 6.97. The lowest BCUT2D eigenvalue weighted by Crippen LogP contribution is -2.51. The van der Waals surface area contributed by atoms with Crippen molar-refractivity contribution in [3.05, 3.63) is 12.7 Å². The van der Waals surface area contributed by atoms with Crippen LogP contribution in [0, 0.1) is 17.8 Å². The molecule has 2 aliphatic rings. The molecule has 2 N–H and O–H groups in total. The van der Waals surface area contributed by atoms with Crippen molar-refractivity contribution in [2.24, 2.45) is 17.8 Å². The summed E-state index contributed by atoms with van der Waals surface area (Å²) in [5, 5.41) is 12.3. The van der Waals surface area contributed by atoms with E-state index in [-0.39, 0.29) is 18.0 Å². The second-order valence-electron chi connectivity index (χ2n) is 5.50. The maximum Gasteiger partial charge on any atom is 0.317 e. The summed E-state index contributed by atoms with van der Waals surface area (Å²) in [5.41, 5.74) is 0. The van der Waals surface area contributed by atoms with Crippen molar-refractivity contribution < 1.29 is 14.7 Å². The highest BCUT2D eigenvalue weighted by atomic mass is 16.4. The van der Waals surface area contributed by atoms with Gasteiger partial charge in [0.1, 0.15) is 0 Å². The molecule has 0 spiro atoms. The van der Waals surface area contributed by atoms with Crippen LogP contribution in [0.1, 0.15) is 26.2 Å². The molecule has 0 aromatic rings. The summed E-state index contributed by atoms with van der Waals surface area (Å²) in [7, 11) is 0. The van der Waals surface area contributed by atoms with E-state index in [1.54, 1.807) is 11.0 Å². The number of urea groups is 1. The van der Waals surface area contributed by atoms with E-state index in [1.165, 1.54) is 0 Å². The average molecular weight is 266 g/mol. The highest BCUT2D eigenvalue weighted by Crippen LogP contribution is 2.48. The molecule has 0 saturated heterocycles. The quantitative estimate of drug-likeness (QED) is 0.744. The third-order valence-electron chi connectivity index (χ3n) is 4.51. The third kappa shape index (κ3) is 2.60. The molecule has 0 aliphatic heterocycles. The van der Waals surface area contributed by atoms with E-state index in [1.807, 2.05) is 6.92 Å². The van der Waals surface area contributed by atoms with Crippen molar-refractivity contribution in [1.29, 1.82) is 0 Å². The second kappa shape index (κ2) is 5.63. The predicted octanol–water partition coefficient (Wildman–Crippen LogP) is 1.70. The average Bonchev–Trinajstić information content (AvgIpc) is 2.96. The number of amides is 2. The van der Waals surface area contributed by atoms with Gasteiger partial charge in [0.05, 0.1) is 5.92 Å². The maximum atomic E-state index is 12.1. The lowest BCUT2D eigenvalue weighted by atomic mass is 9.84. The first-order chi connectivity index (χ1) is 9.08. The Morgan fingerprint density at radius 3 is 2.68 bits per heavy atom. The third-order valence-corrected chi connectivity index (χ3v) is 4.51. The van der Waals surface area contributed by atoms with E-state index in [4.69, 9.17) is 0 Å². The zero-order chi connectivity index (χ0) is 14.0. The minimum atomic E-state index is -0.774. The number of carboxylic acids is 1. The van der Waals surface area contributed by atoms with E-state index in [2.05, 4.69) is 11.9 Å². The van der Waals surface area contributed by atoms with Gasteiger partial charge < -0.3 is 15.3 Å². The van der Waals surface area contributed by atoms with Crippen molar-refractivity contribution >= 4 is 12.0 Å². The summed E-state index contributed by atoms with van der Waals surface area (Å²) in [6, 6.07) is -0.381. The molecule has 2 bridgehead atoms. The van der Waals surface area contributed by atoms with Gasteiger partial charge in [-0.15, -0.1) is 6.58 Å². The van der Waals surface area contributed by atoms with E-state index in [0.29, 0.717) is 19.0 Å². The van der Waals surface area contributed by atoms with Crippen LogP contribution in [0.3, 0.4) is 0 Å². The number of likely N-dealkylation sites (N-methyl/N-ethyl adjacent to an activating group) is 1. The molecule has 5 nitrogen and oxygen atoms in total. The zero-order valence-electron chi connectivity index (χ0n) is 11.3. The van der Waals surface area contributed by atoms with Crippen LogP contribution < -0.4 is 5.32 Å². The van der Waals surface area contributed by atoms with Crippen molar-refractivity contribution in [3.63, 3.8) is 0 Å². The number of nitrogens with zero attached hydrogens (tertiary/aromatic N) is 1. The summed E-state index contributed by atoms with van der Waals surface area (Å²) in [4.78, 5) is 25.1. The fourth-order valence-corrected chi connectivity index (χ4v) is 3.60. The molecule has 106 valence electrons. The molecule has 19 heavy (non-hydrogen) atoms. The zero-order valence-corrected chi connectivity index (χ0v) is 11.3. The Bertz CT molecular complexity index is 383. The molecule has 0 radical (unpaired) electrons. The Labute approximate surface area is 113 Å². The van der Waals surface area contributed by atoms with Gasteiger partial charge in [-0.1, -0.05) is 6.08 Å². The summed E-state index contributed by atoms with van der Waals surface area (Å²) >= 11 is 0. The van der Waals surface area contributed by atoms with Crippen molar-refractivity contribution in [3.8, 4) is 0 Å². The van der Waals surface area contributed by atoms with Gasteiger partial charge in [0.25, 0.3) is 0 Å². The smallest absolute Gasteiger partial charge is 0.317 e. The van der Waals surface area contributed by atoms with E-state index < -0.39 is 11.9 Å². The van der Waals surface area contributed by atoms with Crippen LogP contribution in [0.4, 0.5) is 4.79 Å². The van der Waals surface area contributed by atoms with Gasteiger partial charge in [0.2, 0.25) is 0 Å². The van der Waals surface area contributed by atoms with E-state index in [0.717, 1.165) is 19.3 Å². The first kappa shape index (κ1) is 13.9. The molecular formula is C14H22N2O3. The molecule has 4 unspecified atom stereocenters. The van der Waals surface area contributed by atoms with Crippen molar-refractivity contribution in [1.82, 2.24) is 10.2 Å². The Balaban J connectivity index is 2.03. The normalized spacial score (nSPS) is 32.1. The molecule has 0 heterocycles. The minimum absolute atomic E-state index is 0.175. The molecule has 2 rings (SSSR count). The van der Waals surface area contributed by atoms with Gasteiger partial charge in [-0.2, -0.15) is 0 Å². The monoisotopic (exact) mass is 266 g/mol. The SMILES string of the molecule is C=CCN(CC)C(=O)NC1C2CCC(C2)C1C(=O)O. The number of hydrogen-bond acceptors (Lipinski definition) is 2. The van der Waals surface area contributed by atoms with Gasteiger partial charge in [-0.3, -0.25) is 4.79 Å². The molecular weight excluding hydrogens is 244 g/mol. The number of carboxylic acid groups (broad SMARTS) is 1. The highest BCUT2D eigenvalue weighted by molar-refractivity contribution is 5.77. The molecule has 0 aromatic carbocycles. The number of hydrogen-bond donors (Lipinski definition) is 2. The number of nitrogens with one attached hydrogen (secondary N) is 1. The lowest BCUT2D eigenvalue weighted by molar-refractivity contribution is -0.144. The Hall–Kier alpha value is -1.52. The molecule has 2 saturated carbocycles. The Morgan fingerprint density at radius 2 is 2.11 bits per heavy atom. The van der Waals surface area contributed by atoms with Gasteiger partial charge in [0.15, 0.2) is 0 Å². The van der Waals surface area contributed by atoms with Crippen molar-refractivity contribution in [2.45, 2.75) is 32.2 Å². The summed E-state index contributed by atoms with van der Waals surface area (Å²) < 4.78 is 0. The number of carbonyl (C=O) groups excluding carboxylic acids is 1. The van der Waals surface area contributed by atoms with Crippen LogP contribution in [0.15, 0.2) is 12.7 Å². The lowest BCUT2D eigenvalue weighted by Gasteiger charge is -2.31. The maximum absolute atomic E-state index is 12.1. The largest absolute Gasteiger partial charge is 0.481 e. The van der Waals surface area contributed by atoms with Crippen LogP contribution in [0.2, 0.25) is 0 Å². The summed E-state index contributed by atoms with van der Waals surface area (Å²) in [5.74, 6) is -0.617. The summed E-state index contributed by atoms with van der Waals surface area (Å²) in [6.07, 6.45) is 4.64. The second-order valence-corrected chi connectivity index (χ2v) is 5.50. The highest BCUT2D eigenvalue weighted by Gasteiger charge is 2.51. The van der Waals surface area contributed by atoms with E-state index >= 15 is 0 Å². The van der Waals surface area contributed by atoms with Crippen LogP contribution in [-0.4, -0.2) is 41.1 Å². The standard InChI is InChI=1S/C14H22N2O3/c1-3-7-16(4-2)14(19)15-12-10-6-5-9(8-10)11(12)13(17)18/h3,9-12H,1,4-8H2,2H3,(H,15,19)(H,17,18). The molecule has 5 heteroatoms. The van der Waals surface area contributed by atoms with E-state index in [9.17, 15) is 14.7 Å². The number of carbonyl (C=O) groups is 2. The van der Waals surface area contributed by atoms with Crippen molar-refractivity contribution in [2.75, 3.05) is 13.1 Å². The Kier molecular flexibility index (Phi) is 4.12. The molecule has 2 fully saturated rings. The predicted molar refractivity (Wildman–Crippen MR) is 71.7 cm³/mol. The van der Waals surface area contributed by atoms with Gasteiger partial charge in [-0.25, -0.2) is 4.79 Å². The Morgan fingerprint density at radius 1 is 1.42 bits per heavy atom. The fourth-order valence-electron chi connectivity index (χ4n) is 3.60. The molecule has 4 atom stereocenters. The topological polar surface area (TPSA) is 69.6 Å². The molecule has 2 amide bonds. The minimum Gasteiger partial charge on any atom is -0.481 e. The fraction of sp³-hybridized carbons (Fsp3) is 0.714.